The molecule has 0 aromatic heterocycles. The Kier molecular flexibility index (Phi) is 6.88. The third-order valence-electron chi connectivity index (χ3n) is 2.26. The molecule has 0 spiro atoms. The van der Waals surface area contributed by atoms with Crippen molar-refractivity contribution in [3.05, 3.63) is 0 Å². The fourth-order valence-corrected chi connectivity index (χ4v) is 1.09. The van der Waals surface area contributed by atoms with Crippen molar-refractivity contribution in [2.45, 2.75) is 38.3 Å². The Balaban J connectivity index is 4.30. The van der Waals surface area contributed by atoms with Crippen molar-refractivity contribution < 1.29 is 24.2 Å². The summed E-state index contributed by atoms with van der Waals surface area (Å²) in [5.74, 6) is -2.26. The molecule has 0 heterocycles. The number of hydrogen-bond acceptors (Lipinski definition) is 5. The number of aliphatic carboxylic acids is 1. The van der Waals surface area contributed by atoms with Gasteiger partial charge in [0.05, 0.1) is 13.2 Å². The van der Waals surface area contributed by atoms with E-state index in [1.165, 1.54) is 7.11 Å². The van der Waals surface area contributed by atoms with Crippen molar-refractivity contribution >= 4 is 17.8 Å². The Labute approximate surface area is 99.3 Å². The van der Waals surface area contributed by atoms with Crippen LogP contribution in [0.25, 0.3) is 0 Å². The van der Waals surface area contributed by atoms with Crippen LogP contribution in [-0.2, 0) is 19.1 Å². The molecule has 17 heavy (non-hydrogen) atoms. The standard InChI is InChI=1S/C10H18N2O5/c1-3-6(11)9(14)12-7(10(15)16)4-5-8(13)17-2/h6-7H,3-5,11H2,1-2H3,(H,12,14)(H,15,16)/t6?,7-/m0/s1. The van der Waals surface area contributed by atoms with Crippen LogP contribution in [0.5, 0.6) is 0 Å². The fraction of sp³-hybridized carbons (Fsp3) is 0.700. The molecule has 0 aliphatic carbocycles. The minimum Gasteiger partial charge on any atom is -0.480 e. The first-order valence-corrected chi connectivity index (χ1v) is 5.27. The molecule has 4 N–H and O–H groups in total. The van der Waals surface area contributed by atoms with Gasteiger partial charge in [0.15, 0.2) is 0 Å². The highest BCUT2D eigenvalue weighted by Gasteiger charge is 2.23. The predicted molar refractivity (Wildman–Crippen MR) is 59.1 cm³/mol. The van der Waals surface area contributed by atoms with Gasteiger partial charge in [0.1, 0.15) is 6.04 Å². The van der Waals surface area contributed by atoms with E-state index in [1.807, 2.05) is 0 Å². The van der Waals surface area contributed by atoms with Crippen LogP contribution in [0.4, 0.5) is 0 Å². The monoisotopic (exact) mass is 246 g/mol. The number of carboxylic acids is 1. The van der Waals surface area contributed by atoms with Gasteiger partial charge in [-0.2, -0.15) is 0 Å². The van der Waals surface area contributed by atoms with Crippen molar-refractivity contribution in [2.24, 2.45) is 5.73 Å². The summed E-state index contributed by atoms with van der Waals surface area (Å²) in [7, 11) is 1.21. The third kappa shape index (κ3) is 5.86. The van der Waals surface area contributed by atoms with Crippen LogP contribution in [0, 0.1) is 0 Å². The highest BCUT2D eigenvalue weighted by molar-refractivity contribution is 5.87. The lowest BCUT2D eigenvalue weighted by molar-refractivity contribution is -0.144. The topological polar surface area (TPSA) is 119 Å². The molecule has 0 saturated heterocycles. The average Bonchev–Trinajstić information content (AvgIpc) is 2.31. The minimum absolute atomic E-state index is 0.0236. The van der Waals surface area contributed by atoms with Crippen LogP contribution >= 0.6 is 0 Å². The first-order chi connectivity index (χ1) is 7.92. The number of methoxy groups -OCH3 is 1. The number of nitrogens with two attached hydrogens (primary N) is 1. The zero-order valence-electron chi connectivity index (χ0n) is 9.93. The van der Waals surface area contributed by atoms with Crippen molar-refractivity contribution in [2.75, 3.05) is 7.11 Å². The van der Waals surface area contributed by atoms with Gasteiger partial charge in [-0.3, -0.25) is 9.59 Å². The van der Waals surface area contributed by atoms with E-state index in [2.05, 4.69) is 10.1 Å². The summed E-state index contributed by atoms with van der Waals surface area (Å²) in [6.07, 6.45) is 0.314. The van der Waals surface area contributed by atoms with Crippen molar-refractivity contribution in [3.8, 4) is 0 Å². The van der Waals surface area contributed by atoms with Crippen molar-refractivity contribution in [3.63, 3.8) is 0 Å². The molecule has 2 atom stereocenters. The van der Waals surface area contributed by atoms with Gasteiger partial charge in [-0.25, -0.2) is 4.79 Å². The Hall–Kier alpha value is -1.63. The summed E-state index contributed by atoms with van der Waals surface area (Å²) in [4.78, 5) is 33.1. The van der Waals surface area contributed by atoms with E-state index >= 15 is 0 Å². The molecule has 0 aliphatic rings. The molecular formula is C10H18N2O5. The van der Waals surface area contributed by atoms with Gasteiger partial charge in [-0.05, 0) is 12.8 Å². The maximum Gasteiger partial charge on any atom is 0.326 e. The van der Waals surface area contributed by atoms with Crippen LogP contribution < -0.4 is 11.1 Å². The number of nitrogens with one attached hydrogen (secondary N) is 1. The number of esters is 1. The van der Waals surface area contributed by atoms with E-state index in [-0.39, 0.29) is 12.8 Å². The Morgan fingerprint density at radius 2 is 2.00 bits per heavy atom. The first kappa shape index (κ1) is 15.4. The van der Waals surface area contributed by atoms with Crippen LogP contribution in [0.3, 0.4) is 0 Å². The number of amides is 1. The lowest BCUT2D eigenvalue weighted by atomic mass is 10.1. The zero-order valence-corrected chi connectivity index (χ0v) is 9.93. The van der Waals surface area contributed by atoms with E-state index in [4.69, 9.17) is 10.8 Å². The molecule has 7 nitrogen and oxygen atoms in total. The summed E-state index contributed by atoms with van der Waals surface area (Å²) in [6, 6.07) is -1.87. The first-order valence-electron chi connectivity index (χ1n) is 5.27. The van der Waals surface area contributed by atoms with E-state index in [9.17, 15) is 14.4 Å². The molecule has 0 saturated carbocycles. The second-order valence-electron chi connectivity index (χ2n) is 3.53. The smallest absolute Gasteiger partial charge is 0.326 e. The fourth-order valence-electron chi connectivity index (χ4n) is 1.09. The van der Waals surface area contributed by atoms with Crippen molar-refractivity contribution in [1.82, 2.24) is 5.32 Å². The lowest BCUT2D eigenvalue weighted by Gasteiger charge is -2.16. The molecule has 0 rings (SSSR count). The molecule has 98 valence electrons. The van der Waals surface area contributed by atoms with Crippen LogP contribution in [0.15, 0.2) is 0 Å². The van der Waals surface area contributed by atoms with Crippen LogP contribution in [0.2, 0.25) is 0 Å². The normalized spacial score (nSPS) is 13.6. The number of carboxylic acid groups (broad SMARTS) is 1. The number of carbonyl (C=O) groups is 3. The quantitative estimate of drug-likeness (QED) is 0.508. The van der Waals surface area contributed by atoms with E-state index < -0.39 is 29.9 Å². The van der Waals surface area contributed by atoms with Crippen LogP contribution in [-0.4, -0.2) is 42.1 Å². The minimum atomic E-state index is -1.20. The molecule has 0 aromatic carbocycles. The molecule has 0 radical (unpaired) electrons. The number of rotatable bonds is 7. The van der Waals surface area contributed by atoms with Gasteiger partial charge in [0, 0.05) is 6.42 Å². The highest BCUT2D eigenvalue weighted by atomic mass is 16.5. The van der Waals surface area contributed by atoms with E-state index in [0.717, 1.165) is 0 Å². The van der Waals surface area contributed by atoms with Crippen LogP contribution in [0.1, 0.15) is 26.2 Å². The average molecular weight is 246 g/mol. The van der Waals surface area contributed by atoms with Gasteiger partial charge in [0.25, 0.3) is 0 Å². The zero-order chi connectivity index (χ0) is 13.4. The van der Waals surface area contributed by atoms with Gasteiger partial charge < -0.3 is 20.9 Å². The summed E-state index contributed by atoms with van der Waals surface area (Å²) in [5, 5.41) is 11.1. The summed E-state index contributed by atoms with van der Waals surface area (Å²) in [5.41, 5.74) is 5.45. The molecule has 0 aliphatic heterocycles. The second kappa shape index (κ2) is 7.61. The lowest BCUT2D eigenvalue weighted by Crippen LogP contribution is -2.48. The Morgan fingerprint density at radius 1 is 1.41 bits per heavy atom. The number of carbonyl (C=O) groups excluding carboxylic acids is 2. The Morgan fingerprint density at radius 3 is 2.41 bits per heavy atom. The van der Waals surface area contributed by atoms with Crippen molar-refractivity contribution in [1.29, 1.82) is 0 Å². The molecule has 0 bridgehead atoms. The van der Waals surface area contributed by atoms with Gasteiger partial charge in [-0.15, -0.1) is 0 Å². The highest BCUT2D eigenvalue weighted by Crippen LogP contribution is 2.00. The number of hydrogen-bond donors (Lipinski definition) is 3. The summed E-state index contributed by atoms with van der Waals surface area (Å²) < 4.78 is 4.38. The maximum absolute atomic E-state index is 11.4. The van der Waals surface area contributed by atoms with E-state index in [0.29, 0.717) is 6.42 Å². The maximum atomic E-state index is 11.4. The largest absolute Gasteiger partial charge is 0.480 e. The second-order valence-corrected chi connectivity index (χ2v) is 3.53. The molecule has 0 aromatic rings. The van der Waals surface area contributed by atoms with Gasteiger partial charge >= 0.3 is 11.9 Å². The molecular weight excluding hydrogens is 228 g/mol. The predicted octanol–water partition coefficient (Wildman–Crippen LogP) is -0.754. The molecule has 7 heteroatoms. The van der Waals surface area contributed by atoms with Gasteiger partial charge in [0.2, 0.25) is 5.91 Å². The van der Waals surface area contributed by atoms with Gasteiger partial charge in [-0.1, -0.05) is 6.92 Å². The summed E-state index contributed by atoms with van der Waals surface area (Å²) in [6.45, 7) is 1.72. The third-order valence-corrected chi connectivity index (χ3v) is 2.26. The molecule has 1 amide bonds. The Bertz CT molecular complexity index is 292. The number of ether oxygens (including phenoxy) is 1. The summed E-state index contributed by atoms with van der Waals surface area (Å²) >= 11 is 0. The van der Waals surface area contributed by atoms with E-state index in [1.54, 1.807) is 6.92 Å². The SMILES string of the molecule is CCC(N)C(=O)N[C@@H](CCC(=O)OC)C(=O)O. The molecule has 1 unspecified atom stereocenters. The molecule has 0 fully saturated rings.